The highest BCUT2D eigenvalue weighted by Crippen LogP contribution is 2.19. The van der Waals surface area contributed by atoms with Crippen LogP contribution in [0.25, 0.3) is 0 Å². The summed E-state index contributed by atoms with van der Waals surface area (Å²) in [5, 5.41) is 8.78. The Morgan fingerprint density at radius 3 is 2.81 bits per heavy atom. The van der Waals surface area contributed by atoms with Crippen LogP contribution in [0, 0.1) is 11.3 Å². The number of anilines is 1. The van der Waals surface area contributed by atoms with Gasteiger partial charge < -0.3 is 10.6 Å². The average Bonchev–Trinajstić information content (AvgIpc) is 2.53. The van der Waals surface area contributed by atoms with E-state index in [2.05, 4.69) is 9.97 Å². The maximum Gasteiger partial charge on any atom is 0.254 e. The van der Waals surface area contributed by atoms with Gasteiger partial charge in [-0.25, -0.2) is 9.97 Å². The topological polar surface area (TPSA) is 95.9 Å². The quantitative estimate of drug-likeness (QED) is 0.844. The van der Waals surface area contributed by atoms with Gasteiger partial charge in [0.25, 0.3) is 5.91 Å². The summed E-state index contributed by atoms with van der Waals surface area (Å²) in [6, 6.07) is 8.67. The molecule has 104 valence electrons. The summed E-state index contributed by atoms with van der Waals surface area (Å²) in [5.41, 5.74) is 8.53. The van der Waals surface area contributed by atoms with Gasteiger partial charge >= 0.3 is 0 Å². The van der Waals surface area contributed by atoms with Crippen LogP contribution in [0.4, 0.5) is 5.95 Å². The van der Waals surface area contributed by atoms with Crippen molar-refractivity contribution in [2.24, 2.45) is 0 Å². The van der Waals surface area contributed by atoms with E-state index in [1.54, 1.807) is 35.4 Å². The molecule has 1 aliphatic rings. The molecule has 21 heavy (non-hydrogen) atoms. The summed E-state index contributed by atoms with van der Waals surface area (Å²) >= 11 is 0. The van der Waals surface area contributed by atoms with Crippen molar-refractivity contribution >= 4 is 11.9 Å². The number of nitrogens with two attached hydrogens (primary N) is 1. The summed E-state index contributed by atoms with van der Waals surface area (Å²) < 4.78 is 0. The number of amides is 1. The summed E-state index contributed by atoms with van der Waals surface area (Å²) in [6.07, 6.45) is 2.44. The molecule has 0 radical (unpaired) electrons. The molecular formula is C15H13N5O. The lowest BCUT2D eigenvalue weighted by Crippen LogP contribution is -2.36. The fraction of sp³-hybridized carbons (Fsp3) is 0.200. The zero-order valence-electron chi connectivity index (χ0n) is 11.3. The third-order valence-corrected chi connectivity index (χ3v) is 3.51. The lowest BCUT2D eigenvalue weighted by atomic mass is 10.1. The van der Waals surface area contributed by atoms with E-state index in [0.717, 1.165) is 17.7 Å². The minimum atomic E-state index is -0.0673. The molecule has 1 amide bonds. The van der Waals surface area contributed by atoms with E-state index in [0.29, 0.717) is 24.2 Å². The summed E-state index contributed by atoms with van der Waals surface area (Å²) in [4.78, 5) is 22.4. The number of carbonyl (C=O) groups is 1. The number of nitrogens with zero attached hydrogens (tertiary/aromatic N) is 4. The highest BCUT2D eigenvalue weighted by molar-refractivity contribution is 5.94. The van der Waals surface area contributed by atoms with Gasteiger partial charge in [0.2, 0.25) is 5.95 Å². The third kappa shape index (κ3) is 2.54. The number of carbonyl (C=O) groups excluding carboxylic acids is 1. The molecule has 2 N–H and O–H groups in total. The molecule has 0 bridgehead atoms. The van der Waals surface area contributed by atoms with Crippen molar-refractivity contribution in [2.75, 3.05) is 12.3 Å². The lowest BCUT2D eigenvalue weighted by molar-refractivity contribution is 0.0731. The summed E-state index contributed by atoms with van der Waals surface area (Å²) in [5.74, 6) is 0.156. The Kier molecular flexibility index (Phi) is 3.24. The Bertz CT molecular complexity index is 733. The number of hydrogen-bond donors (Lipinski definition) is 1. The van der Waals surface area contributed by atoms with Crippen molar-refractivity contribution in [3.8, 4) is 6.07 Å². The first-order chi connectivity index (χ1) is 10.2. The number of nitriles is 1. The first-order valence-corrected chi connectivity index (χ1v) is 6.57. The first-order valence-electron chi connectivity index (χ1n) is 6.57. The zero-order valence-corrected chi connectivity index (χ0v) is 11.3. The molecule has 0 fully saturated rings. The Labute approximate surface area is 121 Å². The second kappa shape index (κ2) is 5.21. The average molecular weight is 279 g/mol. The van der Waals surface area contributed by atoms with E-state index < -0.39 is 0 Å². The van der Waals surface area contributed by atoms with E-state index in [1.165, 1.54) is 0 Å². The molecule has 3 rings (SSSR count). The molecule has 0 saturated heterocycles. The van der Waals surface area contributed by atoms with Crippen LogP contribution in [0.3, 0.4) is 0 Å². The molecule has 0 unspecified atom stereocenters. The molecular weight excluding hydrogens is 266 g/mol. The van der Waals surface area contributed by atoms with Gasteiger partial charge in [0.05, 0.1) is 23.9 Å². The Morgan fingerprint density at radius 1 is 1.33 bits per heavy atom. The predicted octanol–water partition coefficient (Wildman–Crippen LogP) is 1.13. The zero-order chi connectivity index (χ0) is 14.8. The maximum atomic E-state index is 12.5. The normalized spacial score (nSPS) is 13.4. The standard InChI is InChI=1S/C15H13N5O/c16-7-10-1-3-11(4-2-10)14(21)20-6-5-12-8-18-15(17)19-13(12)9-20/h1-4,8H,5-6,9H2,(H2,17,18,19). The van der Waals surface area contributed by atoms with Crippen LogP contribution in [0.2, 0.25) is 0 Å². The van der Waals surface area contributed by atoms with E-state index in [-0.39, 0.29) is 11.9 Å². The molecule has 0 saturated carbocycles. The van der Waals surface area contributed by atoms with Gasteiger partial charge in [-0.05, 0) is 36.2 Å². The minimum Gasteiger partial charge on any atom is -0.368 e. The smallest absolute Gasteiger partial charge is 0.254 e. The van der Waals surface area contributed by atoms with Gasteiger partial charge in [0.15, 0.2) is 0 Å². The molecule has 1 aliphatic heterocycles. The molecule has 0 aliphatic carbocycles. The van der Waals surface area contributed by atoms with E-state index in [1.807, 2.05) is 6.07 Å². The number of aromatic nitrogens is 2. The molecule has 1 aromatic heterocycles. The van der Waals surface area contributed by atoms with Gasteiger partial charge in [0.1, 0.15) is 0 Å². The third-order valence-electron chi connectivity index (χ3n) is 3.51. The SMILES string of the molecule is N#Cc1ccc(C(=O)N2CCc3cnc(N)nc3C2)cc1. The van der Waals surface area contributed by atoms with Crippen molar-refractivity contribution in [3.05, 3.63) is 52.8 Å². The van der Waals surface area contributed by atoms with Gasteiger partial charge in [-0.1, -0.05) is 0 Å². The maximum absolute atomic E-state index is 12.5. The second-order valence-electron chi connectivity index (χ2n) is 4.87. The van der Waals surface area contributed by atoms with Crippen molar-refractivity contribution in [3.63, 3.8) is 0 Å². The Balaban J connectivity index is 1.81. The van der Waals surface area contributed by atoms with Crippen LogP contribution in [0.5, 0.6) is 0 Å². The molecule has 2 aromatic rings. The largest absolute Gasteiger partial charge is 0.368 e. The second-order valence-corrected chi connectivity index (χ2v) is 4.87. The molecule has 6 nitrogen and oxygen atoms in total. The number of benzene rings is 1. The molecule has 2 heterocycles. The predicted molar refractivity (Wildman–Crippen MR) is 76.0 cm³/mol. The van der Waals surface area contributed by atoms with Crippen LogP contribution in [-0.4, -0.2) is 27.3 Å². The van der Waals surface area contributed by atoms with Crippen LogP contribution in [0.15, 0.2) is 30.5 Å². The molecule has 1 aromatic carbocycles. The molecule has 0 spiro atoms. The minimum absolute atomic E-state index is 0.0673. The lowest BCUT2D eigenvalue weighted by Gasteiger charge is -2.28. The summed E-state index contributed by atoms with van der Waals surface area (Å²) in [6.45, 7) is 1.06. The number of rotatable bonds is 1. The van der Waals surface area contributed by atoms with Crippen molar-refractivity contribution < 1.29 is 4.79 Å². The number of fused-ring (bicyclic) bond motifs is 1. The molecule has 0 atom stereocenters. The van der Waals surface area contributed by atoms with Gasteiger partial charge in [-0.15, -0.1) is 0 Å². The highest BCUT2D eigenvalue weighted by Gasteiger charge is 2.23. The monoisotopic (exact) mass is 279 g/mol. The van der Waals surface area contributed by atoms with E-state index in [9.17, 15) is 4.79 Å². The van der Waals surface area contributed by atoms with Gasteiger partial charge in [-0.2, -0.15) is 5.26 Å². The Morgan fingerprint density at radius 2 is 2.10 bits per heavy atom. The van der Waals surface area contributed by atoms with E-state index in [4.69, 9.17) is 11.0 Å². The fourth-order valence-electron chi connectivity index (χ4n) is 2.36. The highest BCUT2D eigenvalue weighted by atomic mass is 16.2. The summed E-state index contributed by atoms with van der Waals surface area (Å²) in [7, 11) is 0. The van der Waals surface area contributed by atoms with Crippen molar-refractivity contribution in [1.29, 1.82) is 5.26 Å². The van der Waals surface area contributed by atoms with Crippen LogP contribution < -0.4 is 5.73 Å². The Hall–Kier alpha value is -2.94. The van der Waals surface area contributed by atoms with Gasteiger partial charge in [0, 0.05) is 18.3 Å². The number of hydrogen-bond acceptors (Lipinski definition) is 5. The van der Waals surface area contributed by atoms with Crippen molar-refractivity contribution in [2.45, 2.75) is 13.0 Å². The fourth-order valence-corrected chi connectivity index (χ4v) is 2.36. The first kappa shape index (κ1) is 13.1. The van der Waals surface area contributed by atoms with Crippen LogP contribution in [0.1, 0.15) is 27.2 Å². The van der Waals surface area contributed by atoms with Gasteiger partial charge in [-0.3, -0.25) is 4.79 Å². The van der Waals surface area contributed by atoms with E-state index >= 15 is 0 Å². The molecule has 6 heteroatoms. The van der Waals surface area contributed by atoms with Crippen molar-refractivity contribution in [1.82, 2.24) is 14.9 Å². The number of nitrogen functional groups attached to an aromatic ring is 1. The van der Waals surface area contributed by atoms with Crippen LogP contribution in [-0.2, 0) is 13.0 Å². The van der Waals surface area contributed by atoms with Crippen LogP contribution >= 0.6 is 0 Å².